The maximum absolute atomic E-state index is 11.9. The first-order chi connectivity index (χ1) is 8.90. The predicted octanol–water partition coefficient (Wildman–Crippen LogP) is 1.21. The van der Waals surface area contributed by atoms with Crippen LogP contribution < -0.4 is 5.32 Å². The highest BCUT2D eigenvalue weighted by atomic mass is 32.1. The first kappa shape index (κ1) is 16.0. The van der Waals surface area contributed by atoms with Crippen LogP contribution in [0.15, 0.2) is 5.51 Å². The maximum Gasteiger partial charge on any atom is 0.240 e. The number of aliphatic hydroxyl groups excluding tert-OH is 1. The number of carbonyl (C=O) groups excluding carboxylic acids is 1. The van der Waals surface area contributed by atoms with Crippen LogP contribution in [0.1, 0.15) is 27.2 Å². The van der Waals surface area contributed by atoms with Gasteiger partial charge in [-0.2, -0.15) is 0 Å². The number of amides is 1. The Kier molecular flexibility index (Phi) is 6.33. The predicted molar refractivity (Wildman–Crippen MR) is 76.1 cm³/mol. The molecule has 0 atom stereocenters. The molecule has 0 aromatic carbocycles. The number of nitrogens with one attached hydrogen (secondary N) is 1. The highest BCUT2D eigenvalue weighted by Gasteiger charge is 2.18. The number of anilines is 1. The number of aliphatic hydroxyl groups is 1. The smallest absolute Gasteiger partial charge is 0.240 e. The van der Waals surface area contributed by atoms with E-state index < -0.39 is 0 Å². The van der Waals surface area contributed by atoms with Crippen molar-refractivity contribution in [3.8, 4) is 0 Å². The number of hydrogen-bond donors (Lipinski definition) is 2. The van der Waals surface area contributed by atoms with Crippen LogP contribution in [0.2, 0.25) is 0 Å². The largest absolute Gasteiger partial charge is 0.396 e. The molecule has 0 aliphatic carbocycles. The molecule has 108 valence electrons. The van der Waals surface area contributed by atoms with Crippen LogP contribution in [0, 0.1) is 5.41 Å². The van der Waals surface area contributed by atoms with Crippen molar-refractivity contribution in [2.24, 2.45) is 5.41 Å². The number of hydrogen-bond acceptors (Lipinski definition) is 6. The van der Waals surface area contributed by atoms with Crippen molar-refractivity contribution in [2.75, 3.05) is 31.6 Å². The van der Waals surface area contributed by atoms with Crippen molar-refractivity contribution < 1.29 is 9.90 Å². The highest BCUT2D eigenvalue weighted by Crippen LogP contribution is 2.15. The summed E-state index contributed by atoms with van der Waals surface area (Å²) in [5, 5.41) is 19.6. The molecule has 19 heavy (non-hydrogen) atoms. The molecule has 0 spiro atoms. The van der Waals surface area contributed by atoms with Gasteiger partial charge in [0.25, 0.3) is 0 Å². The number of carbonyl (C=O) groups is 1. The summed E-state index contributed by atoms with van der Waals surface area (Å²) in [5.74, 6) is -0.0982. The van der Waals surface area contributed by atoms with E-state index in [1.807, 2.05) is 4.90 Å². The second-order valence-electron chi connectivity index (χ2n) is 5.64. The van der Waals surface area contributed by atoms with Gasteiger partial charge in [-0.25, -0.2) is 0 Å². The Hall–Kier alpha value is -1.05. The number of rotatable bonds is 7. The zero-order valence-electron chi connectivity index (χ0n) is 11.7. The monoisotopic (exact) mass is 286 g/mol. The summed E-state index contributed by atoms with van der Waals surface area (Å²) < 4.78 is 0. The molecule has 2 N–H and O–H groups in total. The van der Waals surface area contributed by atoms with Crippen molar-refractivity contribution in [3.05, 3.63) is 5.51 Å². The van der Waals surface area contributed by atoms with E-state index in [-0.39, 0.29) is 17.9 Å². The van der Waals surface area contributed by atoms with E-state index in [9.17, 15) is 4.79 Å². The van der Waals surface area contributed by atoms with Crippen LogP contribution in [-0.4, -0.2) is 52.4 Å². The lowest BCUT2D eigenvalue weighted by Crippen LogP contribution is -2.39. The van der Waals surface area contributed by atoms with E-state index in [1.54, 1.807) is 5.51 Å². The van der Waals surface area contributed by atoms with Gasteiger partial charge in [-0.05, 0) is 11.8 Å². The summed E-state index contributed by atoms with van der Waals surface area (Å²) in [4.78, 5) is 13.9. The van der Waals surface area contributed by atoms with Crippen molar-refractivity contribution in [3.63, 3.8) is 0 Å². The van der Waals surface area contributed by atoms with E-state index in [2.05, 4.69) is 36.3 Å². The van der Waals surface area contributed by atoms with Crippen LogP contribution in [0.4, 0.5) is 5.13 Å². The molecular weight excluding hydrogens is 264 g/mol. The number of nitrogens with zero attached hydrogens (tertiary/aromatic N) is 3. The third kappa shape index (κ3) is 7.19. The SMILES string of the molecule is CC(C)(C)CN(CCCO)CC(=O)Nc1nncs1. The molecule has 1 aromatic heterocycles. The Labute approximate surface area is 117 Å². The van der Waals surface area contributed by atoms with Gasteiger partial charge in [-0.15, -0.1) is 10.2 Å². The fraction of sp³-hybridized carbons (Fsp3) is 0.750. The van der Waals surface area contributed by atoms with Gasteiger partial charge in [0.1, 0.15) is 5.51 Å². The quantitative estimate of drug-likeness (QED) is 0.787. The Balaban J connectivity index is 2.48. The molecule has 7 heteroatoms. The minimum absolute atomic E-state index is 0.0982. The zero-order chi connectivity index (χ0) is 14.3. The van der Waals surface area contributed by atoms with Gasteiger partial charge >= 0.3 is 0 Å². The van der Waals surface area contributed by atoms with Gasteiger partial charge in [0.05, 0.1) is 6.54 Å². The molecule has 1 heterocycles. The van der Waals surface area contributed by atoms with E-state index >= 15 is 0 Å². The summed E-state index contributed by atoms with van der Waals surface area (Å²) in [6, 6.07) is 0. The molecule has 0 saturated carbocycles. The maximum atomic E-state index is 11.9. The molecule has 1 rings (SSSR count). The zero-order valence-corrected chi connectivity index (χ0v) is 12.5. The van der Waals surface area contributed by atoms with Gasteiger partial charge in [0.2, 0.25) is 11.0 Å². The average Bonchev–Trinajstić information content (AvgIpc) is 2.76. The van der Waals surface area contributed by atoms with E-state index in [0.29, 0.717) is 24.6 Å². The lowest BCUT2D eigenvalue weighted by atomic mass is 9.96. The number of aromatic nitrogens is 2. The Morgan fingerprint density at radius 2 is 2.26 bits per heavy atom. The van der Waals surface area contributed by atoms with Crippen molar-refractivity contribution in [1.29, 1.82) is 0 Å². The molecule has 0 bridgehead atoms. The molecule has 0 aliphatic rings. The van der Waals surface area contributed by atoms with Gasteiger partial charge in [-0.3, -0.25) is 15.0 Å². The molecule has 1 aromatic rings. The summed E-state index contributed by atoms with van der Waals surface area (Å²) >= 11 is 1.30. The Morgan fingerprint density at radius 3 is 2.79 bits per heavy atom. The normalized spacial score (nSPS) is 11.8. The molecule has 0 unspecified atom stereocenters. The van der Waals surface area contributed by atoms with E-state index in [4.69, 9.17) is 5.11 Å². The van der Waals surface area contributed by atoms with E-state index in [1.165, 1.54) is 11.3 Å². The molecule has 0 radical (unpaired) electrons. The minimum Gasteiger partial charge on any atom is -0.396 e. The summed E-state index contributed by atoms with van der Waals surface area (Å²) in [6.45, 7) is 8.33. The standard InChI is InChI=1S/C12H22N4O2S/c1-12(2,3)8-16(5-4-6-17)7-10(18)14-11-15-13-9-19-11/h9,17H,4-8H2,1-3H3,(H,14,15,18). The fourth-order valence-corrected chi connectivity index (χ4v) is 2.23. The summed E-state index contributed by atoms with van der Waals surface area (Å²) in [7, 11) is 0. The van der Waals surface area contributed by atoms with Gasteiger partial charge in [-0.1, -0.05) is 32.1 Å². The van der Waals surface area contributed by atoms with Crippen molar-refractivity contribution in [1.82, 2.24) is 15.1 Å². The molecular formula is C12H22N4O2S. The van der Waals surface area contributed by atoms with Gasteiger partial charge in [0, 0.05) is 19.7 Å². The lowest BCUT2D eigenvalue weighted by molar-refractivity contribution is -0.117. The molecule has 6 nitrogen and oxygen atoms in total. The first-order valence-corrected chi connectivity index (χ1v) is 7.18. The van der Waals surface area contributed by atoms with E-state index in [0.717, 1.165) is 6.54 Å². The van der Waals surface area contributed by atoms with Gasteiger partial charge in [0.15, 0.2) is 0 Å². The van der Waals surface area contributed by atoms with Crippen molar-refractivity contribution >= 4 is 22.4 Å². The Bertz CT molecular complexity index is 376. The topological polar surface area (TPSA) is 78.4 Å². The average molecular weight is 286 g/mol. The third-order valence-electron chi connectivity index (χ3n) is 2.30. The van der Waals surface area contributed by atoms with Crippen molar-refractivity contribution in [2.45, 2.75) is 27.2 Å². The van der Waals surface area contributed by atoms with Crippen LogP contribution in [0.25, 0.3) is 0 Å². The third-order valence-corrected chi connectivity index (χ3v) is 2.91. The Morgan fingerprint density at radius 1 is 1.53 bits per heavy atom. The highest BCUT2D eigenvalue weighted by molar-refractivity contribution is 7.13. The van der Waals surface area contributed by atoms with Crippen LogP contribution >= 0.6 is 11.3 Å². The van der Waals surface area contributed by atoms with Crippen LogP contribution in [-0.2, 0) is 4.79 Å². The fourth-order valence-electron chi connectivity index (χ4n) is 1.77. The van der Waals surface area contributed by atoms with Crippen LogP contribution in [0.5, 0.6) is 0 Å². The first-order valence-electron chi connectivity index (χ1n) is 6.30. The summed E-state index contributed by atoms with van der Waals surface area (Å²) in [6.07, 6.45) is 0.669. The van der Waals surface area contributed by atoms with Gasteiger partial charge < -0.3 is 5.11 Å². The molecule has 0 fully saturated rings. The van der Waals surface area contributed by atoms with Crippen LogP contribution in [0.3, 0.4) is 0 Å². The molecule has 1 amide bonds. The summed E-state index contributed by atoms with van der Waals surface area (Å²) in [5.41, 5.74) is 1.69. The minimum atomic E-state index is -0.0982. The second kappa shape index (κ2) is 7.52. The molecule has 0 saturated heterocycles. The molecule has 0 aliphatic heterocycles. The second-order valence-corrected chi connectivity index (χ2v) is 6.47. The lowest BCUT2D eigenvalue weighted by Gasteiger charge is -2.29.